The van der Waals surface area contributed by atoms with Crippen molar-refractivity contribution in [3.05, 3.63) is 41.4 Å². The van der Waals surface area contributed by atoms with Crippen molar-refractivity contribution in [1.82, 2.24) is 5.32 Å². The Balaban J connectivity index is 2.08. The van der Waals surface area contributed by atoms with Gasteiger partial charge >= 0.3 is 17.8 Å². The predicted octanol–water partition coefficient (Wildman–Crippen LogP) is 1.61. The smallest absolute Gasteiger partial charge is 0.428 e. The van der Waals surface area contributed by atoms with Crippen molar-refractivity contribution in [2.75, 3.05) is 0 Å². The molecule has 2 rings (SSSR count). The summed E-state index contributed by atoms with van der Waals surface area (Å²) in [5.74, 6) is -2.00. The first-order valence-corrected chi connectivity index (χ1v) is 8.31. The molecule has 0 aromatic heterocycles. The summed E-state index contributed by atoms with van der Waals surface area (Å²) in [6, 6.07) is 8.45. The van der Waals surface area contributed by atoms with E-state index >= 15 is 0 Å². The molecular formula is C18H21N3O6. The Morgan fingerprint density at radius 2 is 1.93 bits per heavy atom. The van der Waals surface area contributed by atoms with Crippen molar-refractivity contribution in [2.24, 2.45) is 0 Å². The Labute approximate surface area is 156 Å². The fraction of sp³-hybridized carbons (Fsp3) is 0.444. The van der Waals surface area contributed by atoms with E-state index in [0.717, 1.165) is 5.56 Å². The lowest BCUT2D eigenvalue weighted by Gasteiger charge is -2.32. The van der Waals surface area contributed by atoms with E-state index in [2.05, 4.69) is 10.1 Å². The number of nitrogens with one attached hydrogen (secondary N) is 1. The maximum Gasteiger partial charge on any atom is 0.531 e. The Morgan fingerprint density at radius 1 is 1.30 bits per heavy atom. The van der Waals surface area contributed by atoms with Crippen LogP contribution in [0.15, 0.2) is 30.3 Å². The molecule has 27 heavy (non-hydrogen) atoms. The third-order valence-electron chi connectivity index (χ3n) is 3.52. The van der Waals surface area contributed by atoms with Crippen molar-refractivity contribution >= 4 is 23.7 Å². The molecule has 2 atom stereocenters. The van der Waals surface area contributed by atoms with Gasteiger partial charge in [0.25, 0.3) is 0 Å². The molecular weight excluding hydrogens is 354 g/mol. The summed E-state index contributed by atoms with van der Waals surface area (Å²) < 4.78 is 15.3. The highest BCUT2D eigenvalue weighted by atomic mass is 16.7. The molecule has 2 unspecified atom stereocenters. The number of amides is 1. The van der Waals surface area contributed by atoms with Gasteiger partial charge in [0, 0.05) is 6.42 Å². The Hall–Kier alpha value is -3.03. The van der Waals surface area contributed by atoms with Gasteiger partial charge in [-0.1, -0.05) is 30.3 Å². The molecule has 0 bridgehead atoms. The van der Waals surface area contributed by atoms with Crippen LogP contribution in [0, 0.1) is 0 Å². The van der Waals surface area contributed by atoms with E-state index in [1.54, 1.807) is 32.9 Å². The van der Waals surface area contributed by atoms with E-state index in [0.29, 0.717) is 0 Å². The van der Waals surface area contributed by atoms with Crippen molar-refractivity contribution in [1.29, 1.82) is 0 Å². The van der Waals surface area contributed by atoms with Gasteiger partial charge in [-0.2, -0.15) is 0 Å². The van der Waals surface area contributed by atoms with Gasteiger partial charge in [-0.3, -0.25) is 9.59 Å². The highest BCUT2D eigenvalue weighted by Gasteiger charge is 2.44. The second-order valence-electron chi connectivity index (χ2n) is 6.93. The first kappa shape index (κ1) is 20.3. The molecule has 1 fully saturated rings. The molecule has 1 aromatic carbocycles. The Kier molecular flexibility index (Phi) is 6.44. The van der Waals surface area contributed by atoms with E-state index in [1.807, 2.05) is 18.2 Å². The van der Waals surface area contributed by atoms with E-state index in [4.69, 9.17) is 19.7 Å². The molecule has 0 saturated carbocycles. The molecule has 0 spiro atoms. The maximum absolute atomic E-state index is 12.6. The zero-order valence-electron chi connectivity index (χ0n) is 15.3. The molecule has 9 heteroatoms. The topological polar surface area (TPSA) is 127 Å². The van der Waals surface area contributed by atoms with Crippen LogP contribution in [0.2, 0.25) is 0 Å². The fourth-order valence-corrected chi connectivity index (χ4v) is 2.29. The van der Waals surface area contributed by atoms with Crippen LogP contribution in [-0.4, -0.2) is 46.3 Å². The number of ether oxygens (including phenoxy) is 3. The number of hydrogen-bond acceptors (Lipinski definition) is 6. The molecule has 0 aliphatic carbocycles. The van der Waals surface area contributed by atoms with Crippen molar-refractivity contribution in [3.63, 3.8) is 0 Å². The Morgan fingerprint density at radius 3 is 2.44 bits per heavy atom. The van der Waals surface area contributed by atoms with Gasteiger partial charge in [-0.15, -0.1) is 4.79 Å². The largest absolute Gasteiger partial charge is 0.531 e. The minimum atomic E-state index is -1.19. The third kappa shape index (κ3) is 6.02. The van der Waals surface area contributed by atoms with Crippen LogP contribution in [0.1, 0.15) is 32.8 Å². The second kappa shape index (κ2) is 8.57. The molecule has 1 aliphatic rings. The standard InChI is InChI=1S/C18H21N3O6/c1-18(2,3)27-17(24)26-16(21-19)14(23)15(12-9-13(22)20-12)25-10-11-7-5-4-6-8-11/h4-8,12,15H,9-10H2,1-3H3,(H,20,22). The molecule has 1 aromatic rings. The van der Waals surface area contributed by atoms with Crippen molar-refractivity contribution in [3.8, 4) is 0 Å². The number of benzene rings is 1. The maximum atomic E-state index is 12.6. The number of rotatable bonds is 6. The lowest BCUT2D eigenvalue weighted by Crippen LogP contribution is -2.59. The predicted molar refractivity (Wildman–Crippen MR) is 92.5 cm³/mol. The highest BCUT2D eigenvalue weighted by molar-refractivity contribution is 6.37. The van der Waals surface area contributed by atoms with Gasteiger partial charge in [0.1, 0.15) is 5.60 Å². The summed E-state index contributed by atoms with van der Waals surface area (Å²) >= 11 is 0. The molecule has 1 aliphatic heterocycles. The normalized spacial score (nSPS) is 17.0. The quantitative estimate of drug-likeness (QED) is 0.201. The molecule has 1 amide bonds. The van der Waals surface area contributed by atoms with Gasteiger partial charge in [0.15, 0.2) is 6.10 Å². The van der Waals surface area contributed by atoms with Crippen LogP contribution < -0.4 is 5.32 Å². The molecule has 144 valence electrons. The molecule has 0 radical (unpaired) electrons. The van der Waals surface area contributed by atoms with Gasteiger partial charge in [0.05, 0.1) is 12.6 Å². The number of Topliss-reactive ketones (excluding diaryl/α,β-unsaturated/α-hetero) is 1. The minimum Gasteiger partial charge on any atom is -0.428 e. The van der Waals surface area contributed by atoms with Gasteiger partial charge in [-0.05, 0) is 26.3 Å². The lowest BCUT2D eigenvalue weighted by molar-refractivity contribution is -0.143. The molecule has 1 N–H and O–H groups in total. The second-order valence-corrected chi connectivity index (χ2v) is 6.93. The van der Waals surface area contributed by atoms with Crippen molar-refractivity contribution < 1.29 is 33.4 Å². The summed E-state index contributed by atoms with van der Waals surface area (Å²) in [5, 5.41) is 2.54. The number of β-lactam (4-membered cyclic amide) rings is 1. The van der Waals surface area contributed by atoms with Crippen LogP contribution in [-0.2, 0) is 30.4 Å². The van der Waals surface area contributed by atoms with E-state index in [9.17, 15) is 14.4 Å². The average molecular weight is 375 g/mol. The van der Waals surface area contributed by atoms with Crippen LogP contribution in [0.25, 0.3) is 5.53 Å². The van der Waals surface area contributed by atoms with Crippen LogP contribution >= 0.6 is 0 Å². The van der Waals surface area contributed by atoms with Crippen molar-refractivity contribution in [2.45, 2.75) is 51.5 Å². The summed E-state index contributed by atoms with van der Waals surface area (Å²) in [4.78, 5) is 38.3. The highest BCUT2D eigenvalue weighted by Crippen LogP contribution is 2.17. The average Bonchev–Trinajstić information content (AvgIpc) is 2.57. The Bertz CT molecular complexity index is 757. The number of ketones is 1. The van der Waals surface area contributed by atoms with Gasteiger partial charge < -0.3 is 25.1 Å². The molecule has 1 saturated heterocycles. The lowest BCUT2D eigenvalue weighted by atomic mass is 9.96. The van der Waals surface area contributed by atoms with E-state index in [1.165, 1.54) is 0 Å². The molecule has 9 nitrogen and oxygen atoms in total. The third-order valence-corrected chi connectivity index (χ3v) is 3.52. The van der Waals surface area contributed by atoms with Crippen LogP contribution in [0.3, 0.4) is 0 Å². The van der Waals surface area contributed by atoms with Gasteiger partial charge in [0.2, 0.25) is 5.91 Å². The summed E-state index contributed by atoms with van der Waals surface area (Å²) in [6.45, 7) is 4.92. The monoisotopic (exact) mass is 375 g/mol. The summed E-state index contributed by atoms with van der Waals surface area (Å²) in [5.41, 5.74) is 9.04. The first-order valence-electron chi connectivity index (χ1n) is 8.31. The van der Waals surface area contributed by atoms with E-state index in [-0.39, 0.29) is 18.9 Å². The number of carbonyl (C=O) groups is 3. The number of nitrogens with zero attached hydrogens (tertiary/aromatic N) is 2. The van der Waals surface area contributed by atoms with E-state index < -0.39 is 35.6 Å². The minimum absolute atomic E-state index is 0.0658. The van der Waals surface area contributed by atoms with Crippen LogP contribution in [0.4, 0.5) is 4.79 Å². The first-order chi connectivity index (χ1) is 12.7. The fourth-order valence-electron chi connectivity index (χ4n) is 2.29. The number of hydrogen-bond donors (Lipinski definition) is 1. The number of carbonyl (C=O) groups excluding carboxylic acids is 3. The van der Waals surface area contributed by atoms with Gasteiger partial charge in [-0.25, -0.2) is 4.79 Å². The molecule has 1 heterocycles. The zero-order valence-corrected chi connectivity index (χ0v) is 15.3. The SMILES string of the molecule is CC(C)(C)OC(=O)OC(=[N+]=[N-])C(=O)C(OCc1ccccc1)C1CC(=O)N1. The summed E-state index contributed by atoms with van der Waals surface area (Å²) in [6.07, 6.45) is -2.31. The van der Waals surface area contributed by atoms with Crippen LogP contribution in [0.5, 0.6) is 0 Å². The summed E-state index contributed by atoms with van der Waals surface area (Å²) in [7, 11) is 0. The zero-order chi connectivity index (χ0) is 20.0.